The second kappa shape index (κ2) is 8.00. The fourth-order valence-corrected chi connectivity index (χ4v) is 2.59. The average molecular weight is 280 g/mol. The maximum Gasteiger partial charge on any atom is 0.306 e. The quantitative estimate of drug-likeness (QED) is 0.568. The largest absolute Gasteiger partial charge is 0.466 e. The standard InChI is InChI=1S/C15H20O3S/c1-4-18-15(17)8-7-13(16)10-19-14-9-11(2)5-6-12(14)3/h5-6,9H,4,7-8,10H2,1-3H3. The van der Waals surface area contributed by atoms with Gasteiger partial charge in [0.15, 0.2) is 0 Å². The molecule has 0 spiro atoms. The van der Waals surface area contributed by atoms with Gasteiger partial charge >= 0.3 is 5.97 Å². The number of ether oxygens (including phenoxy) is 1. The van der Waals surface area contributed by atoms with E-state index in [0.717, 1.165) is 4.90 Å². The molecule has 0 saturated heterocycles. The number of hydrogen-bond acceptors (Lipinski definition) is 4. The Bertz CT molecular complexity index is 455. The number of esters is 1. The van der Waals surface area contributed by atoms with Crippen molar-refractivity contribution in [2.24, 2.45) is 0 Å². The fourth-order valence-electron chi connectivity index (χ4n) is 1.57. The lowest BCUT2D eigenvalue weighted by molar-refractivity contribution is -0.144. The lowest BCUT2D eigenvalue weighted by atomic mass is 10.2. The van der Waals surface area contributed by atoms with Gasteiger partial charge < -0.3 is 4.74 Å². The third-order valence-corrected chi connectivity index (χ3v) is 3.86. The van der Waals surface area contributed by atoms with E-state index in [1.807, 2.05) is 13.8 Å². The van der Waals surface area contributed by atoms with E-state index in [1.165, 1.54) is 22.9 Å². The molecule has 0 fully saturated rings. The first kappa shape index (κ1) is 15.8. The molecule has 4 heteroatoms. The van der Waals surface area contributed by atoms with Crippen molar-refractivity contribution in [3.05, 3.63) is 29.3 Å². The predicted molar refractivity (Wildman–Crippen MR) is 77.5 cm³/mol. The molecule has 0 aromatic heterocycles. The summed E-state index contributed by atoms with van der Waals surface area (Å²) in [7, 11) is 0. The summed E-state index contributed by atoms with van der Waals surface area (Å²) in [5, 5.41) is 0. The molecular formula is C15H20O3S. The van der Waals surface area contributed by atoms with E-state index in [-0.39, 0.29) is 24.6 Å². The van der Waals surface area contributed by atoms with E-state index < -0.39 is 0 Å². The van der Waals surface area contributed by atoms with Crippen molar-refractivity contribution >= 4 is 23.5 Å². The summed E-state index contributed by atoms with van der Waals surface area (Å²) in [6.45, 7) is 6.19. The van der Waals surface area contributed by atoms with Gasteiger partial charge in [-0.2, -0.15) is 0 Å². The molecule has 3 nitrogen and oxygen atoms in total. The Kier molecular flexibility index (Phi) is 6.64. The number of carbonyl (C=O) groups is 2. The molecule has 0 radical (unpaired) electrons. The maximum absolute atomic E-state index is 11.7. The van der Waals surface area contributed by atoms with Crippen LogP contribution in [0.1, 0.15) is 30.9 Å². The molecule has 1 rings (SSSR count). The number of thioether (sulfide) groups is 1. The molecule has 1 aromatic carbocycles. The Morgan fingerprint density at radius 2 is 1.95 bits per heavy atom. The lowest BCUT2D eigenvalue weighted by Gasteiger charge is -2.06. The summed E-state index contributed by atoms with van der Waals surface area (Å²) in [6.07, 6.45) is 0.441. The molecule has 104 valence electrons. The maximum atomic E-state index is 11.7. The second-order valence-electron chi connectivity index (χ2n) is 4.40. The number of benzene rings is 1. The molecule has 1 aromatic rings. The summed E-state index contributed by atoms with van der Waals surface area (Å²) >= 11 is 1.53. The Morgan fingerprint density at radius 3 is 2.63 bits per heavy atom. The molecular weight excluding hydrogens is 260 g/mol. The molecule has 0 aliphatic heterocycles. The Balaban J connectivity index is 2.38. The lowest BCUT2D eigenvalue weighted by Crippen LogP contribution is -2.09. The number of carbonyl (C=O) groups excluding carboxylic acids is 2. The zero-order chi connectivity index (χ0) is 14.3. The number of ketones is 1. The van der Waals surface area contributed by atoms with Crippen molar-refractivity contribution in [3.8, 4) is 0 Å². The predicted octanol–water partition coefficient (Wildman–Crippen LogP) is 3.31. The van der Waals surface area contributed by atoms with Gasteiger partial charge in [0.1, 0.15) is 5.78 Å². The van der Waals surface area contributed by atoms with E-state index in [4.69, 9.17) is 4.74 Å². The third-order valence-electron chi connectivity index (χ3n) is 2.65. The fraction of sp³-hybridized carbons (Fsp3) is 0.467. The summed E-state index contributed by atoms with van der Waals surface area (Å²) in [4.78, 5) is 24.0. The number of Topliss-reactive ketones (excluding diaryl/α,β-unsaturated/α-hetero) is 1. The second-order valence-corrected chi connectivity index (χ2v) is 5.42. The highest BCUT2D eigenvalue weighted by atomic mass is 32.2. The molecule has 0 aliphatic rings. The van der Waals surface area contributed by atoms with Gasteiger partial charge in [-0.15, -0.1) is 11.8 Å². The van der Waals surface area contributed by atoms with Crippen LogP contribution in [0.3, 0.4) is 0 Å². The summed E-state index contributed by atoms with van der Waals surface area (Å²) < 4.78 is 4.79. The van der Waals surface area contributed by atoms with Crippen LogP contribution >= 0.6 is 11.8 Å². The Labute approximate surface area is 118 Å². The van der Waals surface area contributed by atoms with Crippen LogP contribution in [0.15, 0.2) is 23.1 Å². The van der Waals surface area contributed by atoms with Crippen molar-refractivity contribution in [1.29, 1.82) is 0 Å². The van der Waals surface area contributed by atoms with Crippen LogP contribution in [-0.4, -0.2) is 24.1 Å². The van der Waals surface area contributed by atoms with E-state index in [0.29, 0.717) is 12.4 Å². The zero-order valence-electron chi connectivity index (χ0n) is 11.7. The summed E-state index contributed by atoms with van der Waals surface area (Å²) in [5.74, 6) is 0.190. The van der Waals surface area contributed by atoms with E-state index in [1.54, 1.807) is 6.92 Å². The molecule has 0 bridgehead atoms. The molecule has 0 unspecified atom stereocenters. The van der Waals surface area contributed by atoms with Crippen LogP contribution in [0, 0.1) is 13.8 Å². The summed E-state index contributed by atoms with van der Waals surface area (Å²) in [5.41, 5.74) is 2.36. The highest BCUT2D eigenvalue weighted by Gasteiger charge is 2.09. The first-order valence-electron chi connectivity index (χ1n) is 6.40. The zero-order valence-corrected chi connectivity index (χ0v) is 12.5. The first-order chi connectivity index (χ1) is 9.02. The monoisotopic (exact) mass is 280 g/mol. The van der Waals surface area contributed by atoms with Crippen LogP contribution in [0.5, 0.6) is 0 Å². The number of aryl methyl sites for hydroxylation is 2. The van der Waals surface area contributed by atoms with E-state index >= 15 is 0 Å². The van der Waals surface area contributed by atoms with Crippen molar-refractivity contribution in [3.63, 3.8) is 0 Å². The Morgan fingerprint density at radius 1 is 1.21 bits per heavy atom. The summed E-state index contributed by atoms with van der Waals surface area (Å²) in [6, 6.07) is 6.20. The highest BCUT2D eigenvalue weighted by Crippen LogP contribution is 2.23. The van der Waals surface area contributed by atoms with E-state index in [9.17, 15) is 9.59 Å². The van der Waals surface area contributed by atoms with Gasteiger partial charge in [0.25, 0.3) is 0 Å². The molecule has 0 amide bonds. The minimum absolute atomic E-state index is 0.0824. The topological polar surface area (TPSA) is 43.4 Å². The van der Waals surface area contributed by atoms with Gasteiger partial charge in [-0.25, -0.2) is 0 Å². The van der Waals surface area contributed by atoms with Crippen molar-refractivity contribution in [2.45, 2.75) is 38.5 Å². The average Bonchev–Trinajstić information content (AvgIpc) is 2.38. The smallest absolute Gasteiger partial charge is 0.306 e. The number of rotatable bonds is 7. The van der Waals surface area contributed by atoms with Gasteiger partial charge in [0.05, 0.1) is 18.8 Å². The molecule has 0 atom stereocenters. The molecule has 0 aliphatic carbocycles. The van der Waals surface area contributed by atoms with Gasteiger partial charge in [-0.05, 0) is 32.4 Å². The third kappa shape index (κ3) is 5.92. The van der Waals surface area contributed by atoms with E-state index in [2.05, 4.69) is 18.2 Å². The highest BCUT2D eigenvalue weighted by molar-refractivity contribution is 8.00. The van der Waals surface area contributed by atoms with Crippen molar-refractivity contribution in [1.82, 2.24) is 0 Å². The molecule has 0 heterocycles. The van der Waals surface area contributed by atoms with Gasteiger partial charge in [-0.1, -0.05) is 17.7 Å². The van der Waals surface area contributed by atoms with Crippen LogP contribution in [0.25, 0.3) is 0 Å². The minimum atomic E-state index is -0.299. The van der Waals surface area contributed by atoms with Crippen LogP contribution < -0.4 is 0 Å². The first-order valence-corrected chi connectivity index (χ1v) is 7.39. The van der Waals surface area contributed by atoms with Gasteiger partial charge in [0.2, 0.25) is 0 Å². The SMILES string of the molecule is CCOC(=O)CCC(=O)CSc1cc(C)ccc1C. The number of hydrogen-bond donors (Lipinski definition) is 0. The molecule has 0 N–H and O–H groups in total. The van der Waals surface area contributed by atoms with Crippen LogP contribution in [0.4, 0.5) is 0 Å². The minimum Gasteiger partial charge on any atom is -0.466 e. The van der Waals surface area contributed by atoms with Crippen LogP contribution in [0.2, 0.25) is 0 Å². The van der Waals surface area contributed by atoms with Crippen molar-refractivity contribution in [2.75, 3.05) is 12.4 Å². The normalized spacial score (nSPS) is 10.3. The van der Waals surface area contributed by atoms with Crippen LogP contribution in [-0.2, 0) is 14.3 Å². The Hall–Kier alpha value is -1.29. The molecule has 0 saturated carbocycles. The van der Waals surface area contributed by atoms with Gasteiger partial charge in [-0.3, -0.25) is 9.59 Å². The van der Waals surface area contributed by atoms with Crippen molar-refractivity contribution < 1.29 is 14.3 Å². The van der Waals surface area contributed by atoms with Gasteiger partial charge in [0, 0.05) is 11.3 Å². The molecule has 19 heavy (non-hydrogen) atoms.